The number of aliphatic hydroxyl groups excluding tert-OH is 3. The molecular formula is C26H44N2O6S. The highest BCUT2D eigenvalue weighted by molar-refractivity contribution is 7.99. The zero-order valence-corrected chi connectivity index (χ0v) is 22.2. The van der Waals surface area contributed by atoms with Crippen LogP contribution < -0.4 is 10.6 Å². The fourth-order valence-corrected chi connectivity index (χ4v) is 7.26. The monoisotopic (exact) mass is 512 g/mol. The Morgan fingerprint density at radius 3 is 2.69 bits per heavy atom. The van der Waals surface area contributed by atoms with E-state index in [-0.39, 0.29) is 12.0 Å². The second-order valence-electron chi connectivity index (χ2n) is 11.9. The van der Waals surface area contributed by atoms with E-state index in [0.717, 1.165) is 19.4 Å². The van der Waals surface area contributed by atoms with Crippen molar-refractivity contribution in [2.75, 3.05) is 18.9 Å². The molecule has 0 aromatic carbocycles. The van der Waals surface area contributed by atoms with Crippen molar-refractivity contribution in [3.63, 3.8) is 0 Å². The smallest absolute Gasteiger partial charge is 0.240 e. The van der Waals surface area contributed by atoms with E-state index in [1.54, 1.807) is 0 Å². The summed E-state index contributed by atoms with van der Waals surface area (Å²) in [5, 5.41) is 38.5. The molecule has 0 spiro atoms. The van der Waals surface area contributed by atoms with E-state index in [2.05, 4.69) is 30.6 Å². The molecule has 0 aromatic heterocycles. The minimum atomic E-state index is -1.35. The Bertz CT molecular complexity index is 764. The van der Waals surface area contributed by atoms with Crippen LogP contribution in [0.4, 0.5) is 0 Å². The number of fused-ring (bicyclic) bond motifs is 3. The molecule has 3 saturated heterocycles. The summed E-state index contributed by atoms with van der Waals surface area (Å²) in [6.45, 7) is 9.98. The van der Waals surface area contributed by atoms with Gasteiger partial charge in [-0.1, -0.05) is 39.8 Å². The average molecular weight is 513 g/mol. The van der Waals surface area contributed by atoms with Crippen molar-refractivity contribution in [1.29, 1.82) is 0 Å². The lowest BCUT2D eigenvalue weighted by atomic mass is 9.75. The van der Waals surface area contributed by atoms with Crippen LogP contribution in [0.3, 0.4) is 0 Å². The van der Waals surface area contributed by atoms with Crippen molar-refractivity contribution in [1.82, 2.24) is 10.6 Å². The Kier molecular flexibility index (Phi) is 8.89. The van der Waals surface area contributed by atoms with Gasteiger partial charge in [0.15, 0.2) is 0 Å². The molecule has 0 aromatic rings. The van der Waals surface area contributed by atoms with Gasteiger partial charge in [-0.05, 0) is 48.9 Å². The second-order valence-corrected chi connectivity index (χ2v) is 13.1. The molecule has 9 heteroatoms. The molecule has 35 heavy (non-hydrogen) atoms. The molecular weight excluding hydrogens is 468 g/mol. The van der Waals surface area contributed by atoms with Gasteiger partial charge in [0.25, 0.3) is 0 Å². The minimum Gasteiger partial charge on any atom is -0.388 e. The molecule has 10 atom stereocenters. The third kappa shape index (κ3) is 6.08. The van der Waals surface area contributed by atoms with Crippen LogP contribution in [0.15, 0.2) is 12.2 Å². The summed E-state index contributed by atoms with van der Waals surface area (Å²) in [6, 6.07) is -1.04. The van der Waals surface area contributed by atoms with Crippen LogP contribution in [0.5, 0.6) is 0 Å². The number of carbonyl (C=O) groups is 1. The van der Waals surface area contributed by atoms with Gasteiger partial charge < -0.3 is 35.4 Å². The largest absolute Gasteiger partial charge is 0.388 e. The van der Waals surface area contributed by atoms with Crippen molar-refractivity contribution < 1.29 is 29.6 Å². The Morgan fingerprint density at radius 2 is 1.94 bits per heavy atom. The first-order valence-corrected chi connectivity index (χ1v) is 14.2. The number of hydrogen-bond donors (Lipinski definition) is 5. The average Bonchev–Trinajstić information content (AvgIpc) is 3.08. The number of nitrogens with one attached hydrogen (secondary N) is 2. The van der Waals surface area contributed by atoms with Crippen LogP contribution in [-0.2, 0) is 14.3 Å². The van der Waals surface area contributed by atoms with E-state index in [4.69, 9.17) is 9.47 Å². The summed E-state index contributed by atoms with van der Waals surface area (Å²) < 4.78 is 12.4. The molecule has 200 valence electrons. The molecule has 1 amide bonds. The second kappa shape index (κ2) is 11.4. The van der Waals surface area contributed by atoms with Crippen molar-refractivity contribution in [3.8, 4) is 0 Å². The SMILES string of the molecule is CC(C)C[C@@H]1CCO[C@@H]2[C@H](CN[C@@H]2C(=O)N[C@H]2[C@H]3O[C@H](SC/C=C\CC2(C)C)[C@H](O)[C@@H](O)[C@H]3O)C1. The highest BCUT2D eigenvalue weighted by Crippen LogP contribution is 2.39. The molecule has 2 bridgehead atoms. The molecule has 4 aliphatic rings. The Hall–Kier alpha value is -0.680. The number of carbonyl (C=O) groups excluding carboxylic acids is 1. The number of aliphatic hydroxyl groups is 3. The third-order valence-corrected chi connectivity index (χ3v) is 9.30. The summed E-state index contributed by atoms with van der Waals surface area (Å²) in [7, 11) is 0. The van der Waals surface area contributed by atoms with Gasteiger partial charge >= 0.3 is 0 Å². The number of hydrogen-bond acceptors (Lipinski definition) is 8. The highest BCUT2D eigenvalue weighted by Gasteiger charge is 2.52. The van der Waals surface area contributed by atoms with Crippen LogP contribution in [-0.4, -0.2) is 88.2 Å². The Balaban J connectivity index is 1.52. The van der Waals surface area contributed by atoms with Gasteiger partial charge in [0.05, 0.1) is 12.1 Å². The van der Waals surface area contributed by atoms with Crippen molar-refractivity contribution in [3.05, 3.63) is 12.2 Å². The molecule has 8 nitrogen and oxygen atoms in total. The van der Waals surface area contributed by atoms with Gasteiger partial charge in [0, 0.05) is 18.9 Å². The molecule has 4 aliphatic heterocycles. The molecule has 0 aliphatic carbocycles. The van der Waals surface area contributed by atoms with E-state index in [9.17, 15) is 20.1 Å². The quantitative estimate of drug-likeness (QED) is 0.359. The summed E-state index contributed by atoms with van der Waals surface area (Å²) in [4.78, 5) is 13.7. The van der Waals surface area contributed by atoms with Crippen LogP contribution in [0.2, 0.25) is 0 Å². The lowest BCUT2D eigenvalue weighted by Gasteiger charge is -2.48. The Morgan fingerprint density at radius 1 is 1.17 bits per heavy atom. The predicted octanol–water partition coefficient (Wildman–Crippen LogP) is 1.43. The van der Waals surface area contributed by atoms with Crippen molar-refractivity contribution in [2.45, 2.75) is 101 Å². The standard InChI is InChI=1S/C26H44N2O6S/c1-14(2)11-15-7-9-33-21-16(12-15)13-27-17(21)24(32)28-23-22-19(30)18(29)20(31)25(34-22)35-10-6-5-8-26(23,3)4/h5-6,14-23,25,27,29-31H,7-13H2,1-4H3,(H,28,32)/b6-5-/t15-,16-,17-,18-,19+,20+,21+,22-,23-,25+/m0/s1. The van der Waals surface area contributed by atoms with Crippen molar-refractivity contribution in [2.24, 2.45) is 23.2 Å². The summed E-state index contributed by atoms with van der Waals surface area (Å²) >= 11 is 1.38. The number of thioether (sulfide) groups is 1. The first-order chi connectivity index (χ1) is 16.6. The molecule has 4 rings (SSSR count). The topological polar surface area (TPSA) is 120 Å². The van der Waals surface area contributed by atoms with Crippen LogP contribution in [0, 0.1) is 23.2 Å². The predicted molar refractivity (Wildman–Crippen MR) is 136 cm³/mol. The normalized spacial score (nSPS) is 44.8. The maximum absolute atomic E-state index is 13.7. The summed E-state index contributed by atoms with van der Waals surface area (Å²) in [5.41, 5.74) is -1.15. The van der Waals surface area contributed by atoms with Gasteiger partial charge in [-0.3, -0.25) is 4.79 Å². The molecule has 5 N–H and O–H groups in total. The first kappa shape index (κ1) is 27.4. The van der Waals surface area contributed by atoms with Gasteiger partial charge in [0.2, 0.25) is 5.91 Å². The summed E-state index contributed by atoms with van der Waals surface area (Å²) in [6.07, 6.45) is 3.16. The molecule has 0 radical (unpaired) electrons. The third-order valence-electron chi connectivity index (χ3n) is 8.19. The van der Waals surface area contributed by atoms with E-state index in [1.165, 1.54) is 18.2 Å². The van der Waals surface area contributed by atoms with Crippen LogP contribution in [0.1, 0.15) is 53.4 Å². The number of rotatable bonds is 4. The first-order valence-electron chi connectivity index (χ1n) is 13.2. The lowest BCUT2D eigenvalue weighted by Crippen LogP contribution is -2.67. The number of allylic oxidation sites excluding steroid dienone is 1. The van der Waals surface area contributed by atoms with E-state index in [0.29, 0.717) is 36.5 Å². The van der Waals surface area contributed by atoms with Crippen LogP contribution >= 0.6 is 11.8 Å². The molecule has 3 fully saturated rings. The van der Waals surface area contributed by atoms with E-state index in [1.807, 2.05) is 19.9 Å². The van der Waals surface area contributed by atoms with E-state index < -0.39 is 47.4 Å². The molecule has 0 saturated carbocycles. The minimum absolute atomic E-state index is 0.167. The fraction of sp³-hybridized carbons (Fsp3) is 0.885. The fourth-order valence-electron chi connectivity index (χ4n) is 6.26. The lowest BCUT2D eigenvalue weighted by molar-refractivity contribution is -0.212. The van der Waals surface area contributed by atoms with Crippen molar-refractivity contribution >= 4 is 17.7 Å². The highest BCUT2D eigenvalue weighted by atomic mass is 32.2. The zero-order valence-electron chi connectivity index (χ0n) is 21.4. The van der Waals surface area contributed by atoms with E-state index >= 15 is 0 Å². The number of amides is 1. The maximum Gasteiger partial charge on any atom is 0.240 e. The van der Waals surface area contributed by atoms with Gasteiger partial charge in [-0.2, -0.15) is 0 Å². The van der Waals surface area contributed by atoms with Gasteiger partial charge in [-0.15, -0.1) is 11.8 Å². The Labute approximate surface area is 213 Å². The summed E-state index contributed by atoms with van der Waals surface area (Å²) in [5.74, 6) is 2.03. The molecule has 0 unspecified atom stereocenters. The number of ether oxygens (including phenoxy) is 2. The van der Waals surface area contributed by atoms with Gasteiger partial charge in [-0.25, -0.2) is 0 Å². The van der Waals surface area contributed by atoms with Gasteiger partial charge in [0.1, 0.15) is 35.9 Å². The molecule has 4 heterocycles. The zero-order chi connectivity index (χ0) is 25.3. The van der Waals surface area contributed by atoms with Crippen LogP contribution in [0.25, 0.3) is 0 Å². The maximum atomic E-state index is 13.7.